The first kappa shape index (κ1) is 10.7. The second-order valence-electron chi connectivity index (χ2n) is 4.26. The molecule has 0 aromatic heterocycles. The summed E-state index contributed by atoms with van der Waals surface area (Å²) in [7, 11) is 0. The van der Waals surface area contributed by atoms with Gasteiger partial charge in [-0.25, -0.2) is 0 Å². The van der Waals surface area contributed by atoms with Crippen molar-refractivity contribution in [1.82, 2.24) is 4.90 Å². The van der Waals surface area contributed by atoms with Crippen LogP contribution in [-0.2, 0) is 0 Å². The lowest BCUT2D eigenvalue weighted by Gasteiger charge is -2.35. The molecule has 0 bridgehead atoms. The van der Waals surface area contributed by atoms with Crippen molar-refractivity contribution in [3.05, 3.63) is 11.6 Å². The molecule has 2 unspecified atom stereocenters. The van der Waals surface area contributed by atoms with Crippen LogP contribution in [0.15, 0.2) is 11.6 Å². The summed E-state index contributed by atoms with van der Waals surface area (Å²) in [5, 5.41) is 0. The van der Waals surface area contributed by atoms with Crippen LogP contribution >= 0.6 is 0 Å². The molecule has 0 radical (unpaired) electrons. The van der Waals surface area contributed by atoms with E-state index in [0.29, 0.717) is 12.0 Å². The van der Waals surface area contributed by atoms with E-state index in [0.717, 1.165) is 13.1 Å². The molecule has 0 aromatic carbocycles. The molecule has 2 heteroatoms. The molecule has 0 fully saturated rings. The van der Waals surface area contributed by atoms with Crippen molar-refractivity contribution >= 4 is 0 Å². The predicted molar refractivity (Wildman–Crippen MR) is 57.6 cm³/mol. The fourth-order valence-corrected chi connectivity index (χ4v) is 1.85. The normalized spacial score (nSPS) is 23.8. The number of hydrogen-bond acceptors (Lipinski definition) is 2. The largest absolute Gasteiger partial charge is 0.330 e. The van der Waals surface area contributed by atoms with Crippen molar-refractivity contribution in [3.63, 3.8) is 0 Å². The third-order valence-corrected chi connectivity index (χ3v) is 3.13. The highest BCUT2D eigenvalue weighted by molar-refractivity contribution is 5.05. The highest BCUT2D eigenvalue weighted by Crippen LogP contribution is 2.16. The van der Waals surface area contributed by atoms with E-state index in [4.69, 9.17) is 5.73 Å². The van der Waals surface area contributed by atoms with Gasteiger partial charge < -0.3 is 5.73 Å². The maximum Gasteiger partial charge on any atom is 0.0193 e. The van der Waals surface area contributed by atoms with Crippen molar-refractivity contribution in [1.29, 1.82) is 0 Å². The summed E-state index contributed by atoms with van der Waals surface area (Å²) in [5.41, 5.74) is 7.18. The highest BCUT2D eigenvalue weighted by Gasteiger charge is 2.20. The summed E-state index contributed by atoms with van der Waals surface area (Å²) in [6.07, 6.45) is 3.55. The van der Waals surface area contributed by atoms with Crippen LogP contribution in [0.25, 0.3) is 0 Å². The Balaban J connectivity index is 2.48. The third-order valence-electron chi connectivity index (χ3n) is 3.13. The molecule has 0 saturated carbocycles. The molecule has 76 valence electrons. The molecule has 2 nitrogen and oxygen atoms in total. The first-order valence-electron chi connectivity index (χ1n) is 5.25. The molecule has 0 spiro atoms. The minimum absolute atomic E-state index is 0.603. The van der Waals surface area contributed by atoms with E-state index in [-0.39, 0.29) is 0 Å². The molecule has 0 aliphatic carbocycles. The van der Waals surface area contributed by atoms with Gasteiger partial charge in [0.2, 0.25) is 0 Å². The van der Waals surface area contributed by atoms with Crippen LogP contribution in [0, 0.1) is 5.92 Å². The molecule has 2 N–H and O–H groups in total. The van der Waals surface area contributed by atoms with Crippen LogP contribution in [0.3, 0.4) is 0 Å². The Labute approximate surface area is 81.8 Å². The summed E-state index contributed by atoms with van der Waals surface area (Å²) in [6, 6.07) is 0.619. The SMILES string of the molecule is CC1=CCCN(C(C)C(C)CN)C1. The lowest BCUT2D eigenvalue weighted by molar-refractivity contribution is 0.174. The number of rotatable bonds is 3. The quantitative estimate of drug-likeness (QED) is 0.672. The van der Waals surface area contributed by atoms with Crippen LogP contribution < -0.4 is 5.73 Å². The van der Waals surface area contributed by atoms with Crippen molar-refractivity contribution < 1.29 is 0 Å². The molecule has 1 heterocycles. The molecular weight excluding hydrogens is 160 g/mol. The van der Waals surface area contributed by atoms with Gasteiger partial charge in [0.25, 0.3) is 0 Å². The second kappa shape index (κ2) is 4.77. The molecule has 1 rings (SSSR count). The highest BCUT2D eigenvalue weighted by atomic mass is 15.2. The van der Waals surface area contributed by atoms with Gasteiger partial charge in [0.1, 0.15) is 0 Å². The Morgan fingerprint density at radius 1 is 1.54 bits per heavy atom. The minimum Gasteiger partial charge on any atom is -0.330 e. The summed E-state index contributed by atoms with van der Waals surface area (Å²) in [4.78, 5) is 2.53. The van der Waals surface area contributed by atoms with Gasteiger partial charge in [-0.05, 0) is 32.7 Å². The van der Waals surface area contributed by atoms with Crippen molar-refractivity contribution in [2.24, 2.45) is 11.7 Å². The van der Waals surface area contributed by atoms with E-state index in [1.54, 1.807) is 0 Å². The van der Waals surface area contributed by atoms with Crippen LogP contribution in [0.4, 0.5) is 0 Å². The van der Waals surface area contributed by atoms with Crippen molar-refractivity contribution in [2.45, 2.75) is 33.2 Å². The van der Waals surface area contributed by atoms with E-state index in [1.165, 1.54) is 18.5 Å². The molecular formula is C11H22N2. The zero-order valence-electron chi connectivity index (χ0n) is 9.09. The van der Waals surface area contributed by atoms with Crippen LogP contribution in [0.2, 0.25) is 0 Å². The first-order valence-corrected chi connectivity index (χ1v) is 5.25. The van der Waals surface area contributed by atoms with Crippen molar-refractivity contribution in [2.75, 3.05) is 19.6 Å². The van der Waals surface area contributed by atoms with Gasteiger partial charge in [-0.1, -0.05) is 18.6 Å². The average molecular weight is 182 g/mol. The Bertz CT molecular complexity index is 187. The van der Waals surface area contributed by atoms with Gasteiger partial charge in [-0.3, -0.25) is 4.90 Å². The topological polar surface area (TPSA) is 29.3 Å². The van der Waals surface area contributed by atoms with Gasteiger partial charge in [0.15, 0.2) is 0 Å². The van der Waals surface area contributed by atoms with E-state index in [1.807, 2.05) is 0 Å². The van der Waals surface area contributed by atoms with E-state index in [2.05, 4.69) is 31.7 Å². The molecule has 1 aliphatic heterocycles. The Morgan fingerprint density at radius 3 is 2.77 bits per heavy atom. The standard InChI is InChI=1S/C11H22N2/c1-9-5-4-6-13(8-9)11(3)10(2)7-12/h5,10-11H,4,6-8,12H2,1-3H3. The number of hydrogen-bond donors (Lipinski definition) is 1. The van der Waals surface area contributed by atoms with E-state index >= 15 is 0 Å². The molecule has 13 heavy (non-hydrogen) atoms. The van der Waals surface area contributed by atoms with Crippen LogP contribution in [0.1, 0.15) is 27.2 Å². The van der Waals surface area contributed by atoms with Gasteiger partial charge >= 0.3 is 0 Å². The van der Waals surface area contributed by atoms with E-state index in [9.17, 15) is 0 Å². The summed E-state index contributed by atoms with van der Waals surface area (Å²) >= 11 is 0. The van der Waals surface area contributed by atoms with Crippen LogP contribution in [-0.4, -0.2) is 30.6 Å². The lowest BCUT2D eigenvalue weighted by atomic mass is 10.00. The fourth-order valence-electron chi connectivity index (χ4n) is 1.85. The fraction of sp³-hybridized carbons (Fsp3) is 0.818. The van der Waals surface area contributed by atoms with Crippen molar-refractivity contribution in [3.8, 4) is 0 Å². The van der Waals surface area contributed by atoms with Gasteiger partial charge in [0, 0.05) is 19.1 Å². The smallest absolute Gasteiger partial charge is 0.0193 e. The summed E-state index contributed by atoms with van der Waals surface area (Å²) < 4.78 is 0. The predicted octanol–water partition coefficient (Wildman–Crippen LogP) is 1.62. The zero-order valence-corrected chi connectivity index (χ0v) is 9.09. The zero-order chi connectivity index (χ0) is 9.84. The molecule has 0 aromatic rings. The Kier molecular flexibility index (Phi) is 3.94. The average Bonchev–Trinajstić information content (AvgIpc) is 2.15. The molecule has 1 aliphatic rings. The second-order valence-corrected chi connectivity index (χ2v) is 4.26. The Morgan fingerprint density at radius 2 is 2.23 bits per heavy atom. The van der Waals surface area contributed by atoms with Gasteiger partial charge in [0.05, 0.1) is 0 Å². The first-order chi connectivity index (χ1) is 6.15. The van der Waals surface area contributed by atoms with Gasteiger partial charge in [-0.15, -0.1) is 0 Å². The Hall–Kier alpha value is -0.340. The maximum absolute atomic E-state index is 5.67. The van der Waals surface area contributed by atoms with Gasteiger partial charge in [-0.2, -0.15) is 0 Å². The molecule has 0 saturated heterocycles. The summed E-state index contributed by atoms with van der Waals surface area (Å²) in [6.45, 7) is 9.86. The third kappa shape index (κ3) is 2.82. The minimum atomic E-state index is 0.603. The molecule has 2 atom stereocenters. The number of nitrogens with zero attached hydrogens (tertiary/aromatic N) is 1. The summed E-state index contributed by atoms with van der Waals surface area (Å²) in [5.74, 6) is 0.603. The van der Waals surface area contributed by atoms with Crippen LogP contribution in [0.5, 0.6) is 0 Å². The van der Waals surface area contributed by atoms with E-state index < -0.39 is 0 Å². The monoisotopic (exact) mass is 182 g/mol. The number of nitrogens with two attached hydrogens (primary N) is 1. The molecule has 0 amide bonds. The lowest BCUT2D eigenvalue weighted by Crippen LogP contribution is -2.42. The maximum atomic E-state index is 5.67.